The summed E-state index contributed by atoms with van der Waals surface area (Å²) in [6.45, 7) is 10.4. The SMILES string of the molecule is CC1(C)OB(c2ccn(C3CCNCC3)n2)OC1(C)C. The van der Waals surface area contributed by atoms with Crippen molar-refractivity contribution in [2.75, 3.05) is 13.1 Å². The van der Waals surface area contributed by atoms with Gasteiger partial charge in [0.05, 0.1) is 22.8 Å². The number of piperidine rings is 1. The van der Waals surface area contributed by atoms with Crippen LogP contribution in [0.15, 0.2) is 12.3 Å². The van der Waals surface area contributed by atoms with E-state index in [1.807, 2.05) is 6.07 Å². The summed E-state index contributed by atoms with van der Waals surface area (Å²) < 4.78 is 14.2. The molecule has 0 spiro atoms. The Hall–Kier alpha value is -0.845. The summed E-state index contributed by atoms with van der Waals surface area (Å²) in [4.78, 5) is 0. The molecule has 1 aromatic rings. The number of rotatable bonds is 2. The van der Waals surface area contributed by atoms with Crippen molar-refractivity contribution in [3.63, 3.8) is 0 Å². The zero-order chi connectivity index (χ0) is 14.4. The predicted octanol–water partition coefficient (Wildman–Crippen LogP) is 1.11. The van der Waals surface area contributed by atoms with Crippen LogP contribution in [0.3, 0.4) is 0 Å². The highest BCUT2D eigenvalue weighted by Gasteiger charge is 2.52. The van der Waals surface area contributed by atoms with Gasteiger partial charge >= 0.3 is 7.12 Å². The van der Waals surface area contributed by atoms with Gasteiger partial charge in [-0.3, -0.25) is 4.68 Å². The average Bonchev–Trinajstić information content (AvgIpc) is 2.94. The lowest BCUT2D eigenvalue weighted by Crippen LogP contribution is -2.41. The molecule has 1 aromatic heterocycles. The van der Waals surface area contributed by atoms with Crippen LogP contribution < -0.4 is 10.9 Å². The highest BCUT2D eigenvalue weighted by atomic mass is 16.7. The molecule has 2 aliphatic rings. The van der Waals surface area contributed by atoms with E-state index in [0.717, 1.165) is 31.5 Å². The molecule has 0 saturated carbocycles. The van der Waals surface area contributed by atoms with E-state index in [9.17, 15) is 0 Å². The molecule has 0 atom stereocenters. The Balaban J connectivity index is 1.74. The lowest BCUT2D eigenvalue weighted by Gasteiger charge is -2.32. The van der Waals surface area contributed by atoms with Crippen LogP contribution in [0, 0.1) is 0 Å². The highest BCUT2D eigenvalue weighted by Crippen LogP contribution is 2.36. The van der Waals surface area contributed by atoms with E-state index in [-0.39, 0.29) is 18.3 Å². The maximum absolute atomic E-state index is 6.04. The molecule has 3 heterocycles. The predicted molar refractivity (Wildman–Crippen MR) is 79.1 cm³/mol. The third-order valence-electron chi connectivity index (χ3n) is 4.81. The van der Waals surface area contributed by atoms with Crippen molar-refractivity contribution in [3.8, 4) is 0 Å². The first-order chi connectivity index (χ1) is 9.39. The van der Waals surface area contributed by atoms with Gasteiger partial charge in [0.15, 0.2) is 0 Å². The molecule has 0 aliphatic carbocycles. The smallest absolute Gasteiger partial charge is 0.398 e. The van der Waals surface area contributed by atoms with E-state index >= 15 is 0 Å². The summed E-state index contributed by atoms with van der Waals surface area (Å²) in [7, 11) is -0.358. The van der Waals surface area contributed by atoms with Crippen molar-refractivity contribution >= 4 is 12.7 Å². The second kappa shape index (κ2) is 4.86. The Kier molecular flexibility index (Phi) is 3.43. The monoisotopic (exact) mass is 277 g/mol. The Labute approximate surface area is 121 Å². The maximum Gasteiger partial charge on any atom is 0.516 e. The van der Waals surface area contributed by atoms with Crippen molar-refractivity contribution in [1.29, 1.82) is 0 Å². The summed E-state index contributed by atoms with van der Waals surface area (Å²) in [6, 6.07) is 2.51. The van der Waals surface area contributed by atoms with Crippen LogP contribution in [0.1, 0.15) is 46.6 Å². The quantitative estimate of drug-likeness (QED) is 0.823. The van der Waals surface area contributed by atoms with Crippen LogP contribution in [0.2, 0.25) is 0 Å². The van der Waals surface area contributed by atoms with Gasteiger partial charge < -0.3 is 14.6 Å². The number of nitrogens with zero attached hydrogens (tertiary/aromatic N) is 2. The van der Waals surface area contributed by atoms with E-state index in [1.54, 1.807) is 0 Å². The molecule has 5 nitrogen and oxygen atoms in total. The van der Waals surface area contributed by atoms with Crippen molar-refractivity contribution in [3.05, 3.63) is 12.3 Å². The number of nitrogens with one attached hydrogen (secondary N) is 1. The summed E-state index contributed by atoms with van der Waals surface area (Å²) >= 11 is 0. The lowest BCUT2D eigenvalue weighted by molar-refractivity contribution is 0.00578. The Bertz CT molecular complexity index is 465. The molecule has 2 saturated heterocycles. The van der Waals surface area contributed by atoms with Gasteiger partial charge in [0.2, 0.25) is 0 Å². The topological polar surface area (TPSA) is 48.3 Å². The van der Waals surface area contributed by atoms with Gasteiger partial charge in [0.25, 0.3) is 0 Å². The molecule has 110 valence electrons. The van der Waals surface area contributed by atoms with E-state index < -0.39 is 0 Å². The van der Waals surface area contributed by atoms with Gasteiger partial charge in [-0.2, -0.15) is 5.10 Å². The van der Waals surface area contributed by atoms with Crippen LogP contribution in [-0.2, 0) is 9.31 Å². The normalized spacial score (nSPS) is 26.1. The maximum atomic E-state index is 6.04. The van der Waals surface area contributed by atoms with Crippen LogP contribution >= 0.6 is 0 Å². The lowest BCUT2D eigenvalue weighted by atomic mass is 9.85. The third-order valence-corrected chi connectivity index (χ3v) is 4.81. The van der Waals surface area contributed by atoms with Crippen molar-refractivity contribution in [2.45, 2.75) is 57.8 Å². The zero-order valence-corrected chi connectivity index (χ0v) is 12.8. The number of hydrogen-bond acceptors (Lipinski definition) is 4. The average molecular weight is 277 g/mol. The van der Waals surface area contributed by atoms with Crippen LogP contribution in [0.4, 0.5) is 0 Å². The molecule has 0 amide bonds. The van der Waals surface area contributed by atoms with Gasteiger partial charge in [-0.25, -0.2) is 0 Å². The molecule has 6 heteroatoms. The van der Waals surface area contributed by atoms with Crippen molar-refractivity contribution in [2.24, 2.45) is 0 Å². The summed E-state index contributed by atoms with van der Waals surface area (Å²) in [5.41, 5.74) is 0.258. The van der Waals surface area contributed by atoms with E-state index in [1.165, 1.54) is 0 Å². The van der Waals surface area contributed by atoms with E-state index in [4.69, 9.17) is 9.31 Å². The third kappa shape index (κ3) is 2.40. The first-order valence-corrected chi connectivity index (χ1v) is 7.50. The fraction of sp³-hybridized carbons (Fsp3) is 0.786. The minimum Gasteiger partial charge on any atom is -0.398 e. The fourth-order valence-corrected chi connectivity index (χ4v) is 2.72. The van der Waals surface area contributed by atoms with E-state index in [0.29, 0.717) is 6.04 Å². The first-order valence-electron chi connectivity index (χ1n) is 7.50. The number of hydrogen-bond donors (Lipinski definition) is 1. The first kappa shape index (κ1) is 14.1. The molecule has 20 heavy (non-hydrogen) atoms. The largest absolute Gasteiger partial charge is 0.516 e. The molecule has 2 fully saturated rings. The summed E-state index contributed by atoms with van der Waals surface area (Å²) in [6.07, 6.45) is 4.31. The fourth-order valence-electron chi connectivity index (χ4n) is 2.72. The van der Waals surface area contributed by atoms with Crippen LogP contribution in [-0.4, -0.2) is 41.2 Å². The zero-order valence-electron chi connectivity index (χ0n) is 12.8. The van der Waals surface area contributed by atoms with Gasteiger partial charge in [-0.15, -0.1) is 0 Å². The van der Waals surface area contributed by atoms with Gasteiger partial charge in [-0.1, -0.05) is 0 Å². The molecule has 0 radical (unpaired) electrons. The van der Waals surface area contributed by atoms with Crippen molar-refractivity contribution in [1.82, 2.24) is 15.1 Å². The molecule has 0 unspecified atom stereocenters. The molecule has 3 rings (SSSR count). The summed E-state index contributed by atoms with van der Waals surface area (Å²) in [5, 5.41) is 8.06. The molecule has 1 N–H and O–H groups in total. The molecule has 0 aromatic carbocycles. The molecular weight excluding hydrogens is 253 g/mol. The Morgan fingerprint density at radius 1 is 1.20 bits per heavy atom. The number of aromatic nitrogens is 2. The Morgan fingerprint density at radius 3 is 2.40 bits per heavy atom. The van der Waals surface area contributed by atoms with Gasteiger partial charge in [0.1, 0.15) is 0 Å². The molecule has 2 aliphatic heterocycles. The standard InChI is InChI=1S/C14H24BN3O2/c1-13(2)14(3,4)20-15(19-13)12-7-10-18(17-12)11-5-8-16-9-6-11/h7,10-11,16H,5-6,8-9H2,1-4H3. The minimum absolute atomic E-state index is 0.309. The highest BCUT2D eigenvalue weighted by molar-refractivity contribution is 6.61. The van der Waals surface area contributed by atoms with Crippen molar-refractivity contribution < 1.29 is 9.31 Å². The van der Waals surface area contributed by atoms with Gasteiger partial charge in [-0.05, 0) is 59.7 Å². The van der Waals surface area contributed by atoms with Gasteiger partial charge in [0, 0.05) is 6.20 Å². The summed E-state index contributed by atoms with van der Waals surface area (Å²) in [5.74, 6) is 0. The molecule has 0 bridgehead atoms. The molecular formula is C14H24BN3O2. The van der Waals surface area contributed by atoms with Crippen LogP contribution in [0.25, 0.3) is 0 Å². The Morgan fingerprint density at radius 2 is 1.80 bits per heavy atom. The minimum atomic E-state index is -0.358. The second-order valence-electron chi connectivity index (χ2n) is 6.79. The second-order valence-corrected chi connectivity index (χ2v) is 6.79. The van der Waals surface area contributed by atoms with Crippen LogP contribution in [0.5, 0.6) is 0 Å². The van der Waals surface area contributed by atoms with E-state index in [2.05, 4.69) is 49.0 Å².